The summed E-state index contributed by atoms with van der Waals surface area (Å²) in [4.78, 5) is 21.8. The van der Waals surface area contributed by atoms with E-state index in [2.05, 4.69) is 21.8 Å². The molecule has 1 aromatic carbocycles. The highest BCUT2D eigenvalue weighted by Crippen LogP contribution is 2.25. The standard InChI is InChI=1S/C21H24N4O2/c1-2-11-25-19(24-18-9-4-10-22-20(18)25)15-6-3-7-16(13-15)21(26)23-14-17-8-5-12-27-17/h3-4,6-7,9-10,13,17H,2,5,8,11-12,14H2,1H3,(H,23,26)/t17-/m1/s1. The molecule has 0 unspecified atom stereocenters. The van der Waals surface area contributed by atoms with Gasteiger partial charge in [-0.25, -0.2) is 9.97 Å². The van der Waals surface area contributed by atoms with Gasteiger partial charge in [0.15, 0.2) is 5.65 Å². The maximum Gasteiger partial charge on any atom is 0.251 e. The molecule has 1 aliphatic heterocycles. The fourth-order valence-electron chi connectivity index (χ4n) is 3.53. The number of aromatic nitrogens is 3. The number of hydrogen-bond donors (Lipinski definition) is 1. The van der Waals surface area contributed by atoms with Crippen LogP contribution in [0.4, 0.5) is 0 Å². The molecule has 1 N–H and O–H groups in total. The molecule has 6 heteroatoms. The minimum atomic E-state index is -0.0800. The molecule has 1 aliphatic rings. The van der Waals surface area contributed by atoms with Crippen LogP contribution in [-0.2, 0) is 11.3 Å². The van der Waals surface area contributed by atoms with Gasteiger partial charge in [-0.1, -0.05) is 19.1 Å². The van der Waals surface area contributed by atoms with E-state index < -0.39 is 0 Å². The third-order valence-corrected chi connectivity index (χ3v) is 4.85. The number of amides is 1. The van der Waals surface area contributed by atoms with Gasteiger partial charge in [-0.2, -0.15) is 0 Å². The van der Waals surface area contributed by atoms with Crippen molar-refractivity contribution < 1.29 is 9.53 Å². The molecule has 140 valence electrons. The molecule has 0 bridgehead atoms. The number of nitrogens with one attached hydrogen (secondary N) is 1. The summed E-state index contributed by atoms with van der Waals surface area (Å²) in [7, 11) is 0. The average Bonchev–Trinajstić information content (AvgIpc) is 3.35. The number of benzene rings is 1. The Morgan fingerprint density at radius 2 is 2.26 bits per heavy atom. The fourth-order valence-corrected chi connectivity index (χ4v) is 3.53. The first-order valence-electron chi connectivity index (χ1n) is 9.57. The van der Waals surface area contributed by atoms with E-state index in [1.165, 1.54) is 0 Å². The van der Waals surface area contributed by atoms with Crippen molar-refractivity contribution in [2.75, 3.05) is 13.2 Å². The first-order chi connectivity index (χ1) is 13.3. The Morgan fingerprint density at radius 3 is 3.07 bits per heavy atom. The van der Waals surface area contributed by atoms with Crippen LogP contribution in [0.1, 0.15) is 36.5 Å². The lowest BCUT2D eigenvalue weighted by Gasteiger charge is -2.12. The number of carbonyl (C=O) groups excluding carboxylic acids is 1. The smallest absolute Gasteiger partial charge is 0.251 e. The molecule has 3 heterocycles. The third kappa shape index (κ3) is 3.71. The zero-order chi connectivity index (χ0) is 18.6. The number of pyridine rings is 1. The monoisotopic (exact) mass is 364 g/mol. The van der Waals surface area contributed by atoms with Crippen LogP contribution in [0.25, 0.3) is 22.6 Å². The summed E-state index contributed by atoms with van der Waals surface area (Å²) in [5, 5.41) is 2.98. The Balaban J connectivity index is 1.61. The van der Waals surface area contributed by atoms with Gasteiger partial charge in [0.05, 0.1) is 6.10 Å². The zero-order valence-corrected chi connectivity index (χ0v) is 15.5. The highest BCUT2D eigenvalue weighted by molar-refractivity contribution is 5.95. The number of aryl methyl sites for hydroxylation is 1. The Kier molecular flexibility index (Phi) is 5.16. The predicted molar refractivity (Wildman–Crippen MR) is 105 cm³/mol. The van der Waals surface area contributed by atoms with E-state index in [0.29, 0.717) is 12.1 Å². The second-order valence-corrected chi connectivity index (χ2v) is 6.86. The predicted octanol–water partition coefficient (Wildman–Crippen LogP) is 3.42. The van der Waals surface area contributed by atoms with Crippen molar-refractivity contribution in [3.05, 3.63) is 48.2 Å². The van der Waals surface area contributed by atoms with Gasteiger partial charge in [0.2, 0.25) is 0 Å². The Labute approximate surface area is 158 Å². The lowest BCUT2D eigenvalue weighted by molar-refractivity contribution is 0.0858. The average molecular weight is 364 g/mol. The first kappa shape index (κ1) is 17.7. The Morgan fingerprint density at radius 1 is 1.33 bits per heavy atom. The molecule has 1 atom stereocenters. The number of ether oxygens (including phenoxy) is 1. The zero-order valence-electron chi connectivity index (χ0n) is 15.5. The summed E-state index contributed by atoms with van der Waals surface area (Å²) in [6.07, 6.45) is 4.98. The number of hydrogen-bond acceptors (Lipinski definition) is 4. The Bertz CT molecular complexity index is 944. The molecular formula is C21H24N4O2. The molecular weight excluding hydrogens is 340 g/mol. The quantitative estimate of drug-likeness (QED) is 0.728. The number of imidazole rings is 1. The number of rotatable bonds is 6. The van der Waals surface area contributed by atoms with Gasteiger partial charge in [0, 0.05) is 37.0 Å². The van der Waals surface area contributed by atoms with Gasteiger partial charge in [0.1, 0.15) is 11.3 Å². The molecule has 0 saturated carbocycles. The molecule has 27 heavy (non-hydrogen) atoms. The summed E-state index contributed by atoms with van der Waals surface area (Å²) < 4.78 is 7.70. The van der Waals surface area contributed by atoms with Crippen molar-refractivity contribution in [2.45, 2.75) is 38.8 Å². The SMILES string of the molecule is CCCn1c(-c2cccc(C(=O)NC[C@H]3CCCO3)c2)nc2cccnc21. The number of carbonyl (C=O) groups is 1. The van der Waals surface area contributed by atoms with E-state index in [0.717, 1.165) is 55.0 Å². The topological polar surface area (TPSA) is 69.0 Å². The summed E-state index contributed by atoms with van der Waals surface area (Å²) in [5.41, 5.74) is 3.30. The van der Waals surface area contributed by atoms with E-state index in [4.69, 9.17) is 9.72 Å². The van der Waals surface area contributed by atoms with Gasteiger partial charge in [-0.3, -0.25) is 4.79 Å². The molecule has 3 aromatic rings. The van der Waals surface area contributed by atoms with E-state index >= 15 is 0 Å². The van der Waals surface area contributed by atoms with E-state index in [-0.39, 0.29) is 12.0 Å². The van der Waals surface area contributed by atoms with E-state index in [1.54, 1.807) is 6.20 Å². The second-order valence-electron chi connectivity index (χ2n) is 6.86. The lowest BCUT2D eigenvalue weighted by atomic mass is 10.1. The van der Waals surface area contributed by atoms with E-state index in [9.17, 15) is 4.79 Å². The van der Waals surface area contributed by atoms with E-state index in [1.807, 2.05) is 36.4 Å². The highest BCUT2D eigenvalue weighted by Gasteiger charge is 2.18. The molecule has 0 aliphatic carbocycles. The lowest BCUT2D eigenvalue weighted by Crippen LogP contribution is -2.31. The number of fused-ring (bicyclic) bond motifs is 1. The van der Waals surface area contributed by atoms with Crippen LogP contribution in [0.5, 0.6) is 0 Å². The fraction of sp³-hybridized carbons (Fsp3) is 0.381. The van der Waals surface area contributed by atoms with Crippen molar-refractivity contribution >= 4 is 17.1 Å². The third-order valence-electron chi connectivity index (χ3n) is 4.85. The second kappa shape index (κ2) is 7.88. The van der Waals surface area contributed by atoms with Crippen LogP contribution < -0.4 is 5.32 Å². The summed E-state index contributed by atoms with van der Waals surface area (Å²) in [5.74, 6) is 0.767. The van der Waals surface area contributed by atoms with Gasteiger partial charge in [0.25, 0.3) is 5.91 Å². The summed E-state index contributed by atoms with van der Waals surface area (Å²) in [6.45, 7) is 4.31. The molecule has 4 rings (SSSR count). The minimum Gasteiger partial charge on any atom is -0.376 e. The van der Waals surface area contributed by atoms with Crippen molar-refractivity contribution in [1.29, 1.82) is 0 Å². The summed E-state index contributed by atoms with van der Waals surface area (Å²) in [6, 6.07) is 11.5. The summed E-state index contributed by atoms with van der Waals surface area (Å²) >= 11 is 0. The maximum atomic E-state index is 12.6. The molecule has 1 fully saturated rings. The highest BCUT2D eigenvalue weighted by atomic mass is 16.5. The first-order valence-corrected chi connectivity index (χ1v) is 9.57. The van der Waals surface area contributed by atoms with Gasteiger partial charge < -0.3 is 14.6 Å². The van der Waals surface area contributed by atoms with Crippen LogP contribution in [-0.4, -0.2) is 39.7 Å². The molecule has 0 spiro atoms. The molecule has 6 nitrogen and oxygen atoms in total. The maximum absolute atomic E-state index is 12.6. The van der Waals surface area contributed by atoms with Crippen LogP contribution in [0.15, 0.2) is 42.6 Å². The van der Waals surface area contributed by atoms with Crippen LogP contribution in [0, 0.1) is 0 Å². The normalized spacial score (nSPS) is 16.7. The number of nitrogens with zero attached hydrogens (tertiary/aromatic N) is 3. The van der Waals surface area contributed by atoms with Crippen molar-refractivity contribution in [3.8, 4) is 11.4 Å². The molecule has 1 saturated heterocycles. The van der Waals surface area contributed by atoms with Crippen molar-refractivity contribution in [1.82, 2.24) is 19.9 Å². The van der Waals surface area contributed by atoms with Crippen LogP contribution in [0.3, 0.4) is 0 Å². The van der Waals surface area contributed by atoms with Crippen LogP contribution >= 0.6 is 0 Å². The van der Waals surface area contributed by atoms with Gasteiger partial charge in [-0.15, -0.1) is 0 Å². The van der Waals surface area contributed by atoms with Crippen molar-refractivity contribution in [2.24, 2.45) is 0 Å². The van der Waals surface area contributed by atoms with Gasteiger partial charge >= 0.3 is 0 Å². The van der Waals surface area contributed by atoms with Gasteiger partial charge in [-0.05, 0) is 43.5 Å². The minimum absolute atomic E-state index is 0.0800. The molecule has 2 aromatic heterocycles. The largest absolute Gasteiger partial charge is 0.376 e. The van der Waals surface area contributed by atoms with Crippen molar-refractivity contribution in [3.63, 3.8) is 0 Å². The molecule has 1 amide bonds. The van der Waals surface area contributed by atoms with Crippen LogP contribution in [0.2, 0.25) is 0 Å². The Hall–Kier alpha value is -2.73. The molecule has 0 radical (unpaired) electrons.